The topological polar surface area (TPSA) is 101 Å². The lowest BCUT2D eigenvalue weighted by Gasteiger charge is -2.20. The second kappa shape index (κ2) is 6.54. The van der Waals surface area contributed by atoms with Crippen LogP contribution in [0, 0.1) is 10.1 Å². The zero-order valence-corrected chi connectivity index (χ0v) is 13.0. The summed E-state index contributed by atoms with van der Waals surface area (Å²) in [6.07, 6.45) is -4.09. The van der Waals surface area contributed by atoms with Gasteiger partial charge in [0.05, 0.1) is 4.92 Å². The molecule has 0 spiro atoms. The van der Waals surface area contributed by atoms with Gasteiger partial charge in [-0.25, -0.2) is 4.79 Å². The first kappa shape index (κ1) is 18.4. The van der Waals surface area contributed by atoms with Gasteiger partial charge < -0.3 is 10.0 Å². The lowest BCUT2D eigenvalue weighted by atomic mass is 10.1. The van der Waals surface area contributed by atoms with Crippen molar-refractivity contribution in [3.8, 4) is 0 Å². The van der Waals surface area contributed by atoms with Crippen LogP contribution in [-0.4, -0.2) is 29.0 Å². The Kier molecular flexibility index (Phi) is 4.82. The Morgan fingerprint density at radius 2 is 1.84 bits per heavy atom. The number of carboxylic acids is 1. The molecular formula is C15H13F3N2O5. The molecule has 1 aliphatic carbocycles. The Hall–Kier alpha value is -2.91. The first-order valence-corrected chi connectivity index (χ1v) is 7.13. The number of anilines is 1. The number of nitro groups is 1. The first-order valence-electron chi connectivity index (χ1n) is 7.13. The number of hydrogen-bond donors (Lipinski definition) is 1. The molecule has 0 aliphatic heterocycles. The van der Waals surface area contributed by atoms with E-state index in [0.29, 0.717) is 18.6 Å². The van der Waals surface area contributed by atoms with Crippen molar-refractivity contribution in [3.05, 3.63) is 45.0 Å². The van der Waals surface area contributed by atoms with Crippen LogP contribution in [0.1, 0.15) is 24.8 Å². The number of carboxylic acid groups (broad SMARTS) is 1. The maximum absolute atomic E-state index is 13.0. The number of carbonyl (C=O) groups is 2. The van der Waals surface area contributed by atoms with Gasteiger partial charge in [-0.2, -0.15) is 13.2 Å². The zero-order chi connectivity index (χ0) is 18.9. The Morgan fingerprint density at radius 1 is 1.24 bits per heavy atom. The molecule has 0 heterocycles. The number of likely N-dealkylation sites (N-methyl/N-ethyl adjacent to an activating group) is 1. The number of hydrogen-bond acceptors (Lipinski definition) is 4. The third-order valence-corrected chi connectivity index (χ3v) is 3.91. The van der Waals surface area contributed by atoms with Gasteiger partial charge in [-0.3, -0.25) is 14.9 Å². The van der Waals surface area contributed by atoms with E-state index in [1.807, 2.05) is 0 Å². The van der Waals surface area contributed by atoms with E-state index >= 15 is 0 Å². The van der Waals surface area contributed by atoms with Crippen LogP contribution in [0.4, 0.5) is 24.5 Å². The van der Waals surface area contributed by atoms with E-state index in [1.165, 1.54) is 7.05 Å². The molecule has 1 N–H and O–H groups in total. The lowest BCUT2D eigenvalue weighted by Crippen LogP contribution is -2.28. The molecule has 0 bridgehead atoms. The van der Waals surface area contributed by atoms with Gasteiger partial charge >= 0.3 is 12.1 Å². The summed E-state index contributed by atoms with van der Waals surface area (Å²) >= 11 is 0. The van der Waals surface area contributed by atoms with Crippen LogP contribution in [0.3, 0.4) is 0 Å². The van der Waals surface area contributed by atoms with Crippen LogP contribution in [-0.2, 0) is 15.8 Å². The number of aliphatic carboxylic acids is 1. The van der Waals surface area contributed by atoms with Crippen molar-refractivity contribution in [2.24, 2.45) is 0 Å². The molecule has 1 aromatic rings. The number of rotatable bonds is 4. The summed E-state index contributed by atoms with van der Waals surface area (Å²) in [4.78, 5) is 34.0. The van der Waals surface area contributed by atoms with Crippen LogP contribution >= 0.6 is 0 Å². The quantitative estimate of drug-likeness (QED) is 0.658. The first-order chi connectivity index (χ1) is 11.5. The summed E-state index contributed by atoms with van der Waals surface area (Å²) in [6.45, 7) is 0. The Morgan fingerprint density at radius 3 is 2.36 bits per heavy atom. The number of nitro benzene ring substituents is 1. The van der Waals surface area contributed by atoms with Gasteiger partial charge in [-0.05, 0) is 31.4 Å². The summed E-state index contributed by atoms with van der Waals surface area (Å²) in [6, 6.07) is 2.19. The minimum Gasteiger partial charge on any atom is -0.478 e. The number of nitrogens with zero attached hydrogens (tertiary/aromatic N) is 2. The van der Waals surface area contributed by atoms with E-state index in [1.54, 1.807) is 0 Å². The van der Waals surface area contributed by atoms with E-state index in [0.717, 1.165) is 11.0 Å². The number of amides is 1. The molecule has 10 heteroatoms. The number of carbonyl (C=O) groups excluding carboxylic acids is 1. The summed E-state index contributed by atoms with van der Waals surface area (Å²) < 4.78 is 39.1. The summed E-state index contributed by atoms with van der Waals surface area (Å²) in [7, 11) is 1.19. The number of alkyl halides is 3. The molecule has 134 valence electrons. The molecule has 0 radical (unpaired) electrons. The van der Waals surface area contributed by atoms with Gasteiger partial charge in [-0.15, -0.1) is 0 Å². The molecule has 1 aliphatic rings. The molecule has 2 rings (SSSR count). The highest BCUT2D eigenvalue weighted by atomic mass is 19.4. The molecule has 0 saturated carbocycles. The van der Waals surface area contributed by atoms with Crippen LogP contribution in [0.5, 0.6) is 0 Å². The Balaban J connectivity index is 2.45. The molecule has 0 atom stereocenters. The van der Waals surface area contributed by atoms with Crippen LogP contribution in [0.25, 0.3) is 0 Å². The van der Waals surface area contributed by atoms with E-state index in [4.69, 9.17) is 5.11 Å². The summed E-state index contributed by atoms with van der Waals surface area (Å²) in [5.41, 5.74) is -2.85. The maximum atomic E-state index is 13.0. The second-order valence-corrected chi connectivity index (χ2v) is 5.44. The van der Waals surface area contributed by atoms with E-state index in [-0.39, 0.29) is 29.7 Å². The standard InChI is InChI=1S/C15H13F3N2O5/c1-19(13(21)9-3-2-4-10(9)14(22)23)8-5-6-12(20(24)25)11(7-8)15(16,17)18/h5-7H,2-4H2,1H3,(H,22,23). The van der Waals surface area contributed by atoms with Gasteiger partial charge in [0.25, 0.3) is 11.6 Å². The average molecular weight is 358 g/mol. The fourth-order valence-corrected chi connectivity index (χ4v) is 2.65. The smallest absolute Gasteiger partial charge is 0.423 e. The van der Waals surface area contributed by atoms with Gasteiger partial charge in [0.2, 0.25) is 0 Å². The third-order valence-electron chi connectivity index (χ3n) is 3.91. The van der Waals surface area contributed by atoms with Crippen molar-refractivity contribution < 1.29 is 32.8 Å². The summed E-state index contributed by atoms with van der Waals surface area (Å²) in [5.74, 6) is -1.98. The fraction of sp³-hybridized carbons (Fsp3) is 0.333. The largest absolute Gasteiger partial charge is 0.478 e. The molecule has 0 unspecified atom stereocenters. The molecule has 1 aromatic carbocycles. The third kappa shape index (κ3) is 3.62. The zero-order valence-electron chi connectivity index (χ0n) is 13.0. The Labute approximate surface area is 139 Å². The average Bonchev–Trinajstić information content (AvgIpc) is 3.01. The summed E-state index contributed by atoms with van der Waals surface area (Å²) in [5, 5.41) is 19.8. The van der Waals surface area contributed by atoms with Crippen molar-refractivity contribution in [1.82, 2.24) is 0 Å². The van der Waals surface area contributed by atoms with Crippen molar-refractivity contribution in [3.63, 3.8) is 0 Å². The predicted octanol–water partition coefficient (Wildman–Crippen LogP) is 3.14. The molecular weight excluding hydrogens is 345 g/mol. The van der Waals surface area contributed by atoms with E-state index in [2.05, 4.69) is 0 Å². The molecule has 0 saturated heterocycles. The molecule has 0 aromatic heterocycles. The van der Waals surface area contributed by atoms with E-state index < -0.39 is 34.2 Å². The SMILES string of the molecule is CN(C(=O)C1=C(C(=O)O)CCC1)c1ccc([N+](=O)[O-])c(C(F)(F)F)c1. The normalized spacial score (nSPS) is 14.6. The molecule has 7 nitrogen and oxygen atoms in total. The predicted molar refractivity (Wildman–Crippen MR) is 80.0 cm³/mol. The highest BCUT2D eigenvalue weighted by molar-refractivity contribution is 6.10. The monoisotopic (exact) mass is 358 g/mol. The van der Waals surface area contributed by atoms with Crippen molar-refractivity contribution in [1.29, 1.82) is 0 Å². The van der Waals surface area contributed by atoms with Crippen molar-refractivity contribution >= 4 is 23.3 Å². The Bertz CT molecular complexity index is 786. The van der Waals surface area contributed by atoms with Crippen molar-refractivity contribution in [2.75, 3.05) is 11.9 Å². The highest BCUT2D eigenvalue weighted by Gasteiger charge is 2.39. The highest BCUT2D eigenvalue weighted by Crippen LogP contribution is 2.38. The maximum Gasteiger partial charge on any atom is 0.423 e. The minimum atomic E-state index is -4.97. The van der Waals surface area contributed by atoms with E-state index in [9.17, 15) is 32.9 Å². The molecule has 25 heavy (non-hydrogen) atoms. The van der Waals surface area contributed by atoms with Gasteiger partial charge in [-0.1, -0.05) is 0 Å². The van der Waals surface area contributed by atoms with Crippen LogP contribution in [0.15, 0.2) is 29.3 Å². The minimum absolute atomic E-state index is 0.0295. The number of halogens is 3. The number of benzene rings is 1. The van der Waals surface area contributed by atoms with Crippen LogP contribution < -0.4 is 4.90 Å². The molecule has 0 fully saturated rings. The van der Waals surface area contributed by atoms with Gasteiger partial charge in [0.1, 0.15) is 5.56 Å². The van der Waals surface area contributed by atoms with Gasteiger partial charge in [0, 0.05) is 29.9 Å². The lowest BCUT2D eigenvalue weighted by molar-refractivity contribution is -0.388. The van der Waals surface area contributed by atoms with Gasteiger partial charge in [0.15, 0.2) is 0 Å². The van der Waals surface area contributed by atoms with Crippen molar-refractivity contribution in [2.45, 2.75) is 25.4 Å². The molecule has 1 amide bonds. The van der Waals surface area contributed by atoms with Crippen LogP contribution in [0.2, 0.25) is 0 Å². The second-order valence-electron chi connectivity index (χ2n) is 5.44. The fourth-order valence-electron chi connectivity index (χ4n) is 2.65.